The molecule has 0 saturated carbocycles. The molecule has 96 valence electrons. The van der Waals surface area contributed by atoms with Gasteiger partial charge in [0.05, 0.1) is 0 Å². The van der Waals surface area contributed by atoms with Crippen LogP contribution in [0.15, 0.2) is 0 Å². The van der Waals surface area contributed by atoms with Crippen LogP contribution in [0.25, 0.3) is 0 Å². The van der Waals surface area contributed by atoms with E-state index in [9.17, 15) is 4.79 Å². The van der Waals surface area contributed by atoms with Crippen LogP contribution in [-0.2, 0) is 4.79 Å². The van der Waals surface area contributed by atoms with Gasteiger partial charge in [0.15, 0.2) is 0 Å². The highest BCUT2D eigenvalue weighted by Gasteiger charge is 2.40. The zero-order valence-corrected chi connectivity index (χ0v) is 12.7. The second kappa shape index (κ2) is 4.50. The molecule has 0 atom stereocenters. The average Bonchev–Trinajstić information content (AvgIpc) is 1.70. The highest BCUT2D eigenvalue weighted by Crippen LogP contribution is 2.42. The van der Waals surface area contributed by atoms with Crippen LogP contribution in [0.1, 0.15) is 68.7 Å². The molecule has 0 unspecified atom stereocenters. The second-order valence-electron chi connectivity index (χ2n) is 8.37. The molecule has 1 nitrogen and oxygen atoms in total. The van der Waals surface area contributed by atoms with E-state index in [-0.39, 0.29) is 22.2 Å². The van der Waals surface area contributed by atoms with E-state index in [1.165, 1.54) is 0 Å². The number of carbonyl (C=O) groups excluding carboxylic acids is 1. The highest BCUT2D eigenvalue weighted by atomic mass is 16.1. The first-order chi connectivity index (χ1) is 6.75. The number of hydrogen-bond acceptors (Lipinski definition) is 1. The van der Waals surface area contributed by atoms with Gasteiger partial charge < -0.3 is 0 Å². The van der Waals surface area contributed by atoms with Crippen molar-refractivity contribution in [3.05, 3.63) is 0 Å². The van der Waals surface area contributed by atoms with E-state index >= 15 is 0 Å². The van der Waals surface area contributed by atoms with Crippen molar-refractivity contribution in [1.82, 2.24) is 0 Å². The topological polar surface area (TPSA) is 17.1 Å². The molecule has 1 heteroatoms. The van der Waals surface area contributed by atoms with Crippen LogP contribution in [0.5, 0.6) is 0 Å². The molecule has 0 aliphatic rings. The van der Waals surface area contributed by atoms with Gasteiger partial charge in [0.1, 0.15) is 5.78 Å². The Labute approximate surface area is 102 Å². The molecule has 0 heterocycles. The van der Waals surface area contributed by atoms with Crippen LogP contribution in [0.4, 0.5) is 0 Å². The van der Waals surface area contributed by atoms with Crippen molar-refractivity contribution < 1.29 is 4.79 Å². The fourth-order valence-corrected chi connectivity index (χ4v) is 2.89. The van der Waals surface area contributed by atoms with E-state index in [1.807, 2.05) is 0 Å². The Bertz CT molecular complexity index is 228. The van der Waals surface area contributed by atoms with Crippen LogP contribution < -0.4 is 0 Å². The van der Waals surface area contributed by atoms with Crippen LogP contribution in [-0.4, -0.2) is 5.78 Å². The van der Waals surface area contributed by atoms with Crippen molar-refractivity contribution in [1.29, 1.82) is 0 Å². The minimum Gasteiger partial charge on any atom is -0.299 e. The van der Waals surface area contributed by atoms with Gasteiger partial charge in [-0.2, -0.15) is 0 Å². The molecular formula is C15H30O. The number of hydrogen-bond donors (Lipinski definition) is 0. The van der Waals surface area contributed by atoms with E-state index in [4.69, 9.17) is 0 Å². The van der Waals surface area contributed by atoms with Gasteiger partial charge in [-0.05, 0) is 16.2 Å². The summed E-state index contributed by atoms with van der Waals surface area (Å²) in [5, 5.41) is 0. The summed E-state index contributed by atoms with van der Waals surface area (Å²) in [6.07, 6.45) is 0.673. The summed E-state index contributed by atoms with van der Waals surface area (Å²) < 4.78 is 0. The maximum Gasteiger partial charge on any atom is 0.137 e. The van der Waals surface area contributed by atoms with Gasteiger partial charge in [-0.1, -0.05) is 62.3 Å². The third-order valence-corrected chi connectivity index (χ3v) is 2.76. The lowest BCUT2D eigenvalue weighted by molar-refractivity contribution is -0.132. The van der Waals surface area contributed by atoms with Crippen molar-refractivity contribution in [2.75, 3.05) is 0 Å². The van der Waals surface area contributed by atoms with Crippen LogP contribution in [0.3, 0.4) is 0 Å². The van der Waals surface area contributed by atoms with Gasteiger partial charge in [-0.25, -0.2) is 0 Å². The molecule has 0 N–H and O–H groups in total. The standard InChI is InChI=1S/C15H30O/c1-13(2,3)10-11(16)12(14(4,5)6)15(7,8)9/h12H,10H2,1-9H3. The lowest BCUT2D eigenvalue weighted by atomic mass is 9.63. The second-order valence-corrected chi connectivity index (χ2v) is 8.37. The maximum atomic E-state index is 12.5. The predicted octanol–water partition coefficient (Wildman–Crippen LogP) is 4.70. The summed E-state index contributed by atoms with van der Waals surface area (Å²) >= 11 is 0. The molecule has 0 aliphatic heterocycles. The molecule has 0 aromatic heterocycles. The average molecular weight is 226 g/mol. The zero-order chi connectivity index (χ0) is 13.4. The first-order valence-corrected chi connectivity index (χ1v) is 6.28. The lowest BCUT2D eigenvalue weighted by Crippen LogP contribution is -2.40. The normalized spacial score (nSPS) is 14.4. The van der Waals surface area contributed by atoms with Crippen molar-refractivity contribution in [2.45, 2.75) is 68.7 Å². The minimum absolute atomic E-state index is 0.0422. The minimum atomic E-state index is 0.0422. The smallest absolute Gasteiger partial charge is 0.137 e. The molecule has 0 saturated heterocycles. The van der Waals surface area contributed by atoms with Crippen LogP contribution in [0.2, 0.25) is 0 Å². The molecule has 0 amide bonds. The van der Waals surface area contributed by atoms with Crippen molar-refractivity contribution in [3.8, 4) is 0 Å². The number of Topliss-reactive ketones (excluding diaryl/α,β-unsaturated/α-hetero) is 1. The Balaban J connectivity index is 5.03. The molecule has 0 aliphatic carbocycles. The van der Waals surface area contributed by atoms with Crippen molar-refractivity contribution in [3.63, 3.8) is 0 Å². The van der Waals surface area contributed by atoms with Crippen LogP contribution >= 0.6 is 0 Å². The molecule has 0 rings (SSSR count). The van der Waals surface area contributed by atoms with Gasteiger partial charge in [0.2, 0.25) is 0 Å². The van der Waals surface area contributed by atoms with E-state index in [0.29, 0.717) is 12.2 Å². The Morgan fingerprint density at radius 1 is 0.812 bits per heavy atom. The van der Waals surface area contributed by atoms with Crippen molar-refractivity contribution >= 4 is 5.78 Å². The summed E-state index contributed by atoms with van der Waals surface area (Å²) in [5.74, 6) is 0.534. The summed E-state index contributed by atoms with van der Waals surface area (Å²) in [6, 6.07) is 0. The largest absolute Gasteiger partial charge is 0.299 e. The van der Waals surface area contributed by atoms with Gasteiger partial charge in [0.25, 0.3) is 0 Å². The molecule has 16 heavy (non-hydrogen) atoms. The number of ketones is 1. The maximum absolute atomic E-state index is 12.5. The summed E-state index contributed by atoms with van der Waals surface area (Å²) in [6.45, 7) is 19.4. The monoisotopic (exact) mass is 226 g/mol. The van der Waals surface area contributed by atoms with Gasteiger partial charge >= 0.3 is 0 Å². The van der Waals surface area contributed by atoms with Crippen molar-refractivity contribution in [2.24, 2.45) is 22.2 Å². The fourth-order valence-electron chi connectivity index (χ4n) is 2.89. The zero-order valence-electron chi connectivity index (χ0n) is 12.7. The molecule has 0 aromatic carbocycles. The first-order valence-electron chi connectivity index (χ1n) is 6.28. The predicted molar refractivity (Wildman–Crippen MR) is 71.5 cm³/mol. The van der Waals surface area contributed by atoms with E-state index in [0.717, 1.165) is 0 Å². The Morgan fingerprint density at radius 2 is 1.12 bits per heavy atom. The summed E-state index contributed by atoms with van der Waals surface area (Å²) in [7, 11) is 0. The molecule has 0 spiro atoms. The number of carbonyl (C=O) groups is 1. The quantitative estimate of drug-likeness (QED) is 0.667. The molecule has 0 radical (unpaired) electrons. The third kappa shape index (κ3) is 5.14. The van der Waals surface area contributed by atoms with Crippen LogP contribution in [0, 0.1) is 22.2 Å². The highest BCUT2D eigenvalue weighted by molar-refractivity contribution is 5.83. The molecule has 0 aromatic rings. The first kappa shape index (κ1) is 15.7. The Kier molecular flexibility index (Phi) is 4.41. The Hall–Kier alpha value is -0.330. The summed E-state index contributed by atoms with van der Waals surface area (Å²) in [5.41, 5.74) is 0.174. The number of rotatable bonds is 2. The molecule has 0 bridgehead atoms. The van der Waals surface area contributed by atoms with E-state index in [1.54, 1.807) is 0 Å². The van der Waals surface area contributed by atoms with Gasteiger partial charge in [-0.3, -0.25) is 4.79 Å². The third-order valence-electron chi connectivity index (χ3n) is 2.76. The Morgan fingerprint density at radius 3 is 1.31 bits per heavy atom. The van der Waals surface area contributed by atoms with Gasteiger partial charge in [-0.15, -0.1) is 0 Å². The van der Waals surface area contributed by atoms with Gasteiger partial charge in [0, 0.05) is 12.3 Å². The fraction of sp³-hybridized carbons (Fsp3) is 0.933. The van der Waals surface area contributed by atoms with E-state index in [2.05, 4.69) is 62.3 Å². The molecule has 0 fully saturated rings. The molecular weight excluding hydrogens is 196 g/mol. The lowest BCUT2D eigenvalue weighted by Gasteiger charge is -2.40. The van der Waals surface area contributed by atoms with E-state index < -0.39 is 0 Å². The SMILES string of the molecule is CC(C)(C)CC(=O)C(C(C)(C)C)C(C)(C)C. The summed E-state index contributed by atoms with van der Waals surface area (Å²) in [4.78, 5) is 12.5.